The van der Waals surface area contributed by atoms with Gasteiger partial charge in [0.25, 0.3) is 0 Å². The molecule has 1 aliphatic carbocycles. The first kappa shape index (κ1) is 9.39. The van der Waals surface area contributed by atoms with Crippen LogP contribution in [0.5, 0.6) is 0 Å². The van der Waals surface area contributed by atoms with Gasteiger partial charge in [-0.25, -0.2) is 0 Å². The maximum absolute atomic E-state index is 8.56. The van der Waals surface area contributed by atoms with Crippen molar-refractivity contribution < 1.29 is 5.21 Å². The molecule has 15 heavy (non-hydrogen) atoms. The molecule has 0 amide bonds. The van der Waals surface area contributed by atoms with Crippen LogP contribution in [0.4, 0.5) is 0 Å². The van der Waals surface area contributed by atoms with Crippen LogP contribution in [-0.2, 0) is 0 Å². The zero-order valence-corrected chi connectivity index (χ0v) is 7.96. The van der Waals surface area contributed by atoms with Crippen molar-refractivity contribution in [1.29, 1.82) is 0 Å². The Labute approximate surface area is 86.7 Å². The molecular weight excluding hydrogens is 192 g/mol. The number of nitrogens with zero attached hydrogens (tertiary/aromatic N) is 3. The van der Waals surface area contributed by atoms with E-state index in [1.54, 1.807) is 24.7 Å². The molecule has 76 valence electrons. The molecule has 0 radical (unpaired) electrons. The summed E-state index contributed by atoms with van der Waals surface area (Å²) in [5, 5.41) is 11.5. The molecule has 1 aliphatic heterocycles. The predicted octanol–water partition coefficient (Wildman–Crippen LogP) is 0.986. The van der Waals surface area contributed by atoms with Gasteiger partial charge < -0.3 is 10.9 Å². The van der Waals surface area contributed by atoms with E-state index in [0.29, 0.717) is 6.42 Å². The highest BCUT2D eigenvalue weighted by atomic mass is 16.4. The molecule has 3 N–H and O–H groups in total. The number of oxime groups is 1. The van der Waals surface area contributed by atoms with Gasteiger partial charge in [-0.3, -0.25) is 9.98 Å². The second-order valence-corrected chi connectivity index (χ2v) is 3.13. The van der Waals surface area contributed by atoms with Crippen molar-refractivity contribution >= 4 is 17.8 Å². The molecule has 0 saturated heterocycles. The van der Waals surface area contributed by atoms with Crippen molar-refractivity contribution in [1.82, 2.24) is 0 Å². The lowest BCUT2D eigenvalue weighted by Gasteiger charge is -2.12. The lowest BCUT2D eigenvalue weighted by atomic mass is 9.96. The monoisotopic (exact) mass is 202 g/mol. The standard InChI is InChI=1S/C10H10N4O/c11-10(14-15)7-1-2-8-6-12-3-4-13-9(8)5-7/h1-4,6,15H,5H2,(H2,11,14). The fourth-order valence-electron chi connectivity index (χ4n) is 1.39. The maximum atomic E-state index is 8.56. The highest BCUT2D eigenvalue weighted by Gasteiger charge is 2.15. The van der Waals surface area contributed by atoms with E-state index in [1.807, 2.05) is 6.08 Å². The Morgan fingerprint density at radius 1 is 1.40 bits per heavy atom. The number of amidine groups is 1. The summed E-state index contributed by atoms with van der Waals surface area (Å²) in [5.74, 6) is 0.123. The second-order valence-electron chi connectivity index (χ2n) is 3.13. The number of fused-ring (bicyclic) bond motifs is 1. The largest absolute Gasteiger partial charge is 0.409 e. The third-order valence-corrected chi connectivity index (χ3v) is 2.19. The number of hydrogen-bond acceptors (Lipinski definition) is 4. The van der Waals surface area contributed by atoms with Crippen molar-refractivity contribution in [2.45, 2.75) is 6.42 Å². The lowest BCUT2D eigenvalue weighted by Crippen LogP contribution is -2.20. The van der Waals surface area contributed by atoms with Crippen LogP contribution < -0.4 is 5.73 Å². The average Bonchev–Trinajstić information content (AvgIpc) is 2.51. The first-order chi connectivity index (χ1) is 7.31. The van der Waals surface area contributed by atoms with Crippen LogP contribution in [0.15, 0.2) is 50.8 Å². The second kappa shape index (κ2) is 3.91. The van der Waals surface area contributed by atoms with Crippen molar-refractivity contribution in [3.05, 3.63) is 35.7 Å². The van der Waals surface area contributed by atoms with Gasteiger partial charge in [0.1, 0.15) is 0 Å². The molecule has 1 heterocycles. The van der Waals surface area contributed by atoms with Crippen LogP contribution in [0.2, 0.25) is 0 Å². The summed E-state index contributed by atoms with van der Waals surface area (Å²) in [6.07, 6.45) is 9.20. The minimum atomic E-state index is 0.123. The van der Waals surface area contributed by atoms with Crippen LogP contribution in [0.3, 0.4) is 0 Å². The molecule has 0 spiro atoms. The van der Waals surface area contributed by atoms with E-state index in [2.05, 4.69) is 15.1 Å². The van der Waals surface area contributed by atoms with Crippen LogP contribution in [-0.4, -0.2) is 23.0 Å². The molecule has 2 aliphatic rings. The summed E-state index contributed by atoms with van der Waals surface area (Å²) in [6.45, 7) is 0. The summed E-state index contributed by atoms with van der Waals surface area (Å²) >= 11 is 0. The van der Waals surface area contributed by atoms with Gasteiger partial charge in [-0.15, -0.1) is 0 Å². The average molecular weight is 202 g/mol. The third-order valence-electron chi connectivity index (χ3n) is 2.19. The fourth-order valence-corrected chi connectivity index (χ4v) is 1.39. The van der Waals surface area contributed by atoms with Gasteiger partial charge in [0, 0.05) is 36.2 Å². The normalized spacial score (nSPS) is 20.0. The quantitative estimate of drug-likeness (QED) is 0.287. The molecule has 5 nitrogen and oxygen atoms in total. The topological polar surface area (TPSA) is 83.3 Å². The van der Waals surface area contributed by atoms with E-state index < -0.39 is 0 Å². The van der Waals surface area contributed by atoms with Gasteiger partial charge in [0.2, 0.25) is 0 Å². The highest BCUT2D eigenvalue weighted by molar-refractivity contribution is 6.21. The smallest absolute Gasteiger partial charge is 0.166 e. The van der Waals surface area contributed by atoms with Gasteiger partial charge >= 0.3 is 0 Å². The Morgan fingerprint density at radius 2 is 2.27 bits per heavy atom. The first-order valence-corrected chi connectivity index (χ1v) is 4.45. The van der Waals surface area contributed by atoms with E-state index in [4.69, 9.17) is 10.9 Å². The number of hydrogen-bond donors (Lipinski definition) is 2. The molecule has 0 aromatic rings. The van der Waals surface area contributed by atoms with Crippen LogP contribution in [0, 0.1) is 0 Å². The van der Waals surface area contributed by atoms with Gasteiger partial charge in [-0.05, 0) is 0 Å². The molecular formula is C10H10N4O. The van der Waals surface area contributed by atoms with Crippen LogP contribution >= 0.6 is 0 Å². The molecule has 0 unspecified atom stereocenters. The lowest BCUT2D eigenvalue weighted by molar-refractivity contribution is 0.318. The van der Waals surface area contributed by atoms with E-state index in [0.717, 1.165) is 16.9 Å². The van der Waals surface area contributed by atoms with Gasteiger partial charge in [-0.1, -0.05) is 17.3 Å². The molecule has 0 aromatic carbocycles. The van der Waals surface area contributed by atoms with Crippen molar-refractivity contribution in [3.63, 3.8) is 0 Å². The Bertz CT molecular complexity index is 452. The SMILES string of the molecule is NC(=NO)C1=CC=C2C=NC=CN=C2C1. The number of nitrogens with two attached hydrogens (primary N) is 1. The number of allylic oxidation sites excluding steroid dienone is 3. The zero-order valence-electron chi connectivity index (χ0n) is 7.96. The Hall–Kier alpha value is -2.17. The summed E-state index contributed by atoms with van der Waals surface area (Å²) < 4.78 is 0. The van der Waals surface area contributed by atoms with E-state index in [1.165, 1.54) is 0 Å². The summed E-state index contributed by atoms with van der Waals surface area (Å²) in [4.78, 5) is 8.24. The molecule has 2 rings (SSSR count). The Morgan fingerprint density at radius 3 is 3.07 bits per heavy atom. The predicted molar refractivity (Wildman–Crippen MR) is 59.3 cm³/mol. The molecule has 0 atom stereocenters. The fraction of sp³-hybridized carbons (Fsp3) is 0.100. The summed E-state index contributed by atoms with van der Waals surface area (Å²) in [6, 6.07) is 0. The molecule has 0 saturated carbocycles. The minimum absolute atomic E-state index is 0.123. The Kier molecular flexibility index (Phi) is 2.45. The zero-order chi connectivity index (χ0) is 10.7. The van der Waals surface area contributed by atoms with Crippen LogP contribution in [0.25, 0.3) is 0 Å². The third kappa shape index (κ3) is 1.85. The van der Waals surface area contributed by atoms with Gasteiger partial charge in [-0.2, -0.15) is 0 Å². The number of aliphatic imine (C=N–C) groups is 2. The van der Waals surface area contributed by atoms with E-state index >= 15 is 0 Å². The van der Waals surface area contributed by atoms with Crippen molar-refractivity contribution in [3.8, 4) is 0 Å². The van der Waals surface area contributed by atoms with Crippen LogP contribution in [0.1, 0.15) is 6.42 Å². The maximum Gasteiger partial charge on any atom is 0.166 e. The molecule has 0 fully saturated rings. The highest BCUT2D eigenvalue weighted by Crippen LogP contribution is 2.17. The summed E-state index contributed by atoms with van der Waals surface area (Å²) in [5.41, 5.74) is 8.08. The first-order valence-electron chi connectivity index (χ1n) is 4.45. The van der Waals surface area contributed by atoms with Crippen molar-refractivity contribution in [2.24, 2.45) is 20.9 Å². The van der Waals surface area contributed by atoms with E-state index in [-0.39, 0.29) is 5.84 Å². The van der Waals surface area contributed by atoms with Crippen molar-refractivity contribution in [2.75, 3.05) is 0 Å². The molecule has 5 heteroatoms. The molecule has 0 bridgehead atoms. The molecule has 0 aromatic heterocycles. The number of rotatable bonds is 1. The minimum Gasteiger partial charge on any atom is -0.409 e. The Balaban J connectivity index is 2.36. The van der Waals surface area contributed by atoms with E-state index in [9.17, 15) is 0 Å². The summed E-state index contributed by atoms with van der Waals surface area (Å²) in [7, 11) is 0. The van der Waals surface area contributed by atoms with Gasteiger partial charge in [0.05, 0.1) is 5.71 Å². The van der Waals surface area contributed by atoms with Gasteiger partial charge in [0.15, 0.2) is 5.84 Å².